The molecule has 0 bridgehead atoms. The van der Waals surface area contributed by atoms with E-state index in [4.69, 9.17) is 0 Å². The highest BCUT2D eigenvalue weighted by atomic mass is 19.4. The van der Waals surface area contributed by atoms with Crippen LogP contribution in [0.5, 0.6) is 0 Å². The summed E-state index contributed by atoms with van der Waals surface area (Å²) in [7, 11) is 0. The lowest BCUT2D eigenvalue weighted by Crippen LogP contribution is -2.53. The summed E-state index contributed by atoms with van der Waals surface area (Å²) in [6.45, 7) is 2.81. The SMILES string of the molecule is CC(=O)CCc1cc(NC(C)=O)ccc1NCc1ccc(C(O)(C(F)(F)F)C(F)(F)F)cc1. The Morgan fingerprint density at radius 3 is 1.97 bits per heavy atom. The van der Waals surface area contributed by atoms with Crippen LogP contribution in [0, 0.1) is 0 Å². The third-order valence-electron chi connectivity index (χ3n) is 4.85. The number of ketones is 1. The number of anilines is 2. The molecule has 0 heterocycles. The van der Waals surface area contributed by atoms with Crippen molar-refractivity contribution in [1.82, 2.24) is 0 Å². The van der Waals surface area contributed by atoms with Crippen LogP contribution < -0.4 is 10.6 Å². The minimum Gasteiger partial charge on any atom is -0.381 e. The first-order valence-corrected chi connectivity index (χ1v) is 9.74. The molecule has 0 aromatic heterocycles. The van der Waals surface area contributed by atoms with Crippen molar-refractivity contribution in [3.63, 3.8) is 0 Å². The zero-order chi connectivity index (χ0) is 25.0. The predicted molar refractivity (Wildman–Crippen MR) is 110 cm³/mol. The van der Waals surface area contributed by atoms with Crippen molar-refractivity contribution in [2.24, 2.45) is 0 Å². The molecule has 3 N–H and O–H groups in total. The van der Waals surface area contributed by atoms with Crippen molar-refractivity contribution in [2.45, 2.75) is 51.2 Å². The fraction of sp³-hybridized carbons (Fsp3) is 0.364. The number of rotatable bonds is 8. The highest BCUT2D eigenvalue weighted by Gasteiger charge is 2.71. The predicted octanol–water partition coefficient (Wildman–Crippen LogP) is 5.09. The molecule has 180 valence electrons. The summed E-state index contributed by atoms with van der Waals surface area (Å²) in [5, 5.41) is 15.1. The maximum Gasteiger partial charge on any atom is 0.430 e. The number of carbonyl (C=O) groups excluding carboxylic acids is 2. The van der Waals surface area contributed by atoms with E-state index in [1.807, 2.05) is 0 Å². The van der Waals surface area contributed by atoms with Crippen LogP contribution in [0.3, 0.4) is 0 Å². The summed E-state index contributed by atoms with van der Waals surface area (Å²) >= 11 is 0. The fourth-order valence-corrected chi connectivity index (χ4v) is 3.11. The van der Waals surface area contributed by atoms with Gasteiger partial charge in [0.05, 0.1) is 0 Å². The summed E-state index contributed by atoms with van der Waals surface area (Å²) in [5.41, 5.74) is -4.18. The lowest BCUT2D eigenvalue weighted by atomic mass is 9.91. The Labute approximate surface area is 185 Å². The van der Waals surface area contributed by atoms with Crippen molar-refractivity contribution in [3.05, 3.63) is 59.2 Å². The molecular formula is C22H22F6N2O3. The third kappa shape index (κ3) is 6.25. The molecule has 33 heavy (non-hydrogen) atoms. The van der Waals surface area contributed by atoms with Crippen LogP contribution in [-0.2, 0) is 28.2 Å². The molecule has 0 atom stereocenters. The number of amides is 1. The number of benzene rings is 2. The number of halogens is 6. The average Bonchev–Trinajstić information content (AvgIpc) is 2.69. The Balaban J connectivity index is 2.24. The largest absolute Gasteiger partial charge is 0.430 e. The minimum atomic E-state index is -5.95. The Kier molecular flexibility index (Phi) is 7.79. The van der Waals surface area contributed by atoms with Gasteiger partial charge in [-0.25, -0.2) is 0 Å². The molecule has 0 saturated heterocycles. The van der Waals surface area contributed by atoms with Gasteiger partial charge in [0.15, 0.2) is 0 Å². The van der Waals surface area contributed by atoms with E-state index in [0.717, 1.165) is 12.1 Å². The Morgan fingerprint density at radius 2 is 1.48 bits per heavy atom. The van der Waals surface area contributed by atoms with Gasteiger partial charge in [0, 0.05) is 36.8 Å². The van der Waals surface area contributed by atoms with Crippen molar-refractivity contribution >= 4 is 23.1 Å². The van der Waals surface area contributed by atoms with Crippen LogP contribution in [0.25, 0.3) is 0 Å². The molecule has 0 aliphatic rings. The lowest BCUT2D eigenvalue weighted by molar-refractivity contribution is -0.376. The monoisotopic (exact) mass is 476 g/mol. The Bertz CT molecular complexity index is 987. The van der Waals surface area contributed by atoms with Gasteiger partial charge in [-0.1, -0.05) is 24.3 Å². The van der Waals surface area contributed by atoms with Gasteiger partial charge in [0.1, 0.15) is 5.78 Å². The van der Waals surface area contributed by atoms with Crippen LogP contribution in [0.15, 0.2) is 42.5 Å². The van der Waals surface area contributed by atoms with E-state index in [-0.39, 0.29) is 24.7 Å². The van der Waals surface area contributed by atoms with E-state index in [1.165, 1.54) is 13.8 Å². The van der Waals surface area contributed by atoms with E-state index < -0.39 is 23.5 Å². The first-order valence-electron chi connectivity index (χ1n) is 9.74. The number of alkyl halides is 6. The van der Waals surface area contributed by atoms with Gasteiger partial charge in [-0.2, -0.15) is 26.3 Å². The fourth-order valence-electron chi connectivity index (χ4n) is 3.11. The van der Waals surface area contributed by atoms with Crippen LogP contribution in [0.4, 0.5) is 37.7 Å². The summed E-state index contributed by atoms with van der Waals surface area (Å²) in [4.78, 5) is 22.6. The number of hydrogen-bond donors (Lipinski definition) is 3. The molecule has 0 fully saturated rings. The molecule has 2 aromatic rings. The number of carbonyl (C=O) groups is 2. The molecular weight excluding hydrogens is 454 g/mol. The second-order valence-corrected chi connectivity index (χ2v) is 7.51. The van der Waals surface area contributed by atoms with Crippen LogP contribution >= 0.6 is 0 Å². The summed E-state index contributed by atoms with van der Waals surface area (Å²) in [6.07, 6.45) is -11.3. The van der Waals surface area contributed by atoms with Gasteiger partial charge in [-0.05, 0) is 42.7 Å². The van der Waals surface area contributed by atoms with Gasteiger partial charge >= 0.3 is 12.4 Å². The zero-order valence-corrected chi connectivity index (χ0v) is 17.7. The number of aliphatic hydroxyl groups is 1. The van der Waals surface area contributed by atoms with Gasteiger partial charge in [0.2, 0.25) is 5.91 Å². The summed E-state index contributed by atoms with van der Waals surface area (Å²) < 4.78 is 78.1. The van der Waals surface area contributed by atoms with Gasteiger partial charge in [-0.15, -0.1) is 0 Å². The topological polar surface area (TPSA) is 78.4 Å². The number of nitrogens with one attached hydrogen (secondary N) is 2. The smallest absolute Gasteiger partial charge is 0.381 e. The molecule has 5 nitrogen and oxygen atoms in total. The van der Waals surface area contributed by atoms with Crippen LogP contribution in [-0.4, -0.2) is 29.1 Å². The normalized spacial score (nSPS) is 12.4. The second kappa shape index (κ2) is 9.82. The molecule has 2 aromatic carbocycles. The van der Waals surface area contributed by atoms with Crippen molar-refractivity contribution < 1.29 is 41.0 Å². The summed E-state index contributed by atoms with van der Waals surface area (Å²) in [5.74, 6) is -0.339. The molecule has 0 aliphatic carbocycles. The minimum absolute atomic E-state index is 0.0449. The number of aryl methyl sites for hydroxylation is 1. The van der Waals surface area contributed by atoms with Crippen LogP contribution in [0.2, 0.25) is 0 Å². The van der Waals surface area contributed by atoms with Crippen molar-refractivity contribution in [3.8, 4) is 0 Å². The molecule has 11 heteroatoms. The number of Topliss-reactive ketones (excluding diaryl/α,β-unsaturated/α-hetero) is 1. The van der Waals surface area contributed by atoms with E-state index in [1.54, 1.807) is 18.2 Å². The van der Waals surface area contributed by atoms with Gasteiger partial charge in [-0.3, -0.25) is 4.79 Å². The average molecular weight is 476 g/mol. The van der Waals surface area contributed by atoms with E-state index in [0.29, 0.717) is 41.1 Å². The van der Waals surface area contributed by atoms with E-state index >= 15 is 0 Å². The highest BCUT2D eigenvalue weighted by Crippen LogP contribution is 2.49. The standard InChI is InChI=1S/C22H22F6N2O3/c1-13(31)3-6-16-11-18(30-14(2)32)9-10-19(16)29-12-15-4-7-17(8-5-15)20(33,21(23,24)25)22(26,27)28/h4-5,7-11,29,33H,3,6,12H2,1-2H3,(H,30,32). The molecule has 0 aliphatic heterocycles. The molecule has 0 saturated carbocycles. The van der Waals surface area contributed by atoms with Gasteiger partial charge in [0.25, 0.3) is 5.60 Å². The molecule has 0 unspecified atom stereocenters. The molecule has 0 spiro atoms. The quantitative estimate of drug-likeness (QED) is 0.464. The highest BCUT2D eigenvalue weighted by molar-refractivity contribution is 5.89. The zero-order valence-electron chi connectivity index (χ0n) is 17.7. The van der Waals surface area contributed by atoms with E-state index in [2.05, 4.69) is 10.6 Å². The second-order valence-electron chi connectivity index (χ2n) is 7.51. The third-order valence-corrected chi connectivity index (χ3v) is 4.85. The number of hydrogen-bond acceptors (Lipinski definition) is 4. The van der Waals surface area contributed by atoms with Crippen molar-refractivity contribution in [2.75, 3.05) is 10.6 Å². The van der Waals surface area contributed by atoms with Crippen molar-refractivity contribution in [1.29, 1.82) is 0 Å². The summed E-state index contributed by atoms with van der Waals surface area (Å²) in [6, 6.07) is 8.17. The maximum atomic E-state index is 13.0. The molecule has 0 radical (unpaired) electrons. The first kappa shape index (κ1) is 26.2. The van der Waals surface area contributed by atoms with E-state index in [9.17, 15) is 41.0 Å². The maximum absolute atomic E-state index is 13.0. The Hall–Kier alpha value is -3.08. The lowest BCUT2D eigenvalue weighted by Gasteiger charge is -2.32. The molecule has 2 rings (SSSR count). The van der Waals surface area contributed by atoms with Crippen LogP contribution in [0.1, 0.15) is 37.0 Å². The molecule has 1 amide bonds. The Morgan fingerprint density at radius 1 is 0.909 bits per heavy atom. The van der Waals surface area contributed by atoms with Gasteiger partial charge < -0.3 is 20.5 Å². The first-order chi connectivity index (χ1) is 15.1.